The molecular formula is C21H28N2O2. The molecule has 0 aromatic heterocycles. The Labute approximate surface area is 150 Å². The molecule has 0 unspecified atom stereocenters. The molecule has 1 aromatic rings. The van der Waals surface area contributed by atoms with Crippen LogP contribution < -0.4 is 5.32 Å². The Bertz CT molecular complexity index is 633. The second kappa shape index (κ2) is 8.32. The van der Waals surface area contributed by atoms with Gasteiger partial charge in [-0.1, -0.05) is 49.6 Å². The van der Waals surface area contributed by atoms with Crippen LogP contribution in [0.15, 0.2) is 35.9 Å². The van der Waals surface area contributed by atoms with Crippen LogP contribution in [0.1, 0.15) is 57.4 Å². The number of carbonyl (C=O) groups is 2. The van der Waals surface area contributed by atoms with E-state index in [-0.39, 0.29) is 17.9 Å². The molecule has 3 rings (SSSR count). The van der Waals surface area contributed by atoms with Gasteiger partial charge >= 0.3 is 0 Å². The monoisotopic (exact) mass is 340 g/mol. The van der Waals surface area contributed by atoms with Crippen molar-refractivity contribution in [3.05, 3.63) is 41.5 Å². The first-order valence-electron chi connectivity index (χ1n) is 9.50. The molecule has 2 amide bonds. The minimum atomic E-state index is -0.312. The predicted molar refractivity (Wildman–Crippen MR) is 99.8 cm³/mol. The van der Waals surface area contributed by atoms with Crippen LogP contribution in [0.3, 0.4) is 0 Å². The van der Waals surface area contributed by atoms with E-state index in [0.717, 1.165) is 31.2 Å². The molecular weight excluding hydrogens is 312 g/mol. The quantitative estimate of drug-likeness (QED) is 0.853. The van der Waals surface area contributed by atoms with Crippen LogP contribution in [-0.4, -0.2) is 35.3 Å². The Hall–Kier alpha value is -2.10. The molecule has 1 aliphatic carbocycles. The van der Waals surface area contributed by atoms with E-state index in [1.165, 1.54) is 19.3 Å². The van der Waals surface area contributed by atoms with Crippen LogP contribution in [-0.2, 0) is 9.59 Å². The summed E-state index contributed by atoms with van der Waals surface area (Å²) in [5.74, 6) is 0.00964. The van der Waals surface area contributed by atoms with E-state index in [2.05, 4.69) is 5.32 Å². The topological polar surface area (TPSA) is 49.4 Å². The third-order valence-corrected chi connectivity index (χ3v) is 5.29. The van der Waals surface area contributed by atoms with Crippen molar-refractivity contribution >= 4 is 17.9 Å². The van der Waals surface area contributed by atoms with E-state index in [1.54, 1.807) is 4.90 Å². The second-order valence-electron chi connectivity index (χ2n) is 7.24. The van der Waals surface area contributed by atoms with Gasteiger partial charge in [-0.3, -0.25) is 9.59 Å². The first-order valence-corrected chi connectivity index (χ1v) is 9.50. The van der Waals surface area contributed by atoms with Crippen LogP contribution >= 0.6 is 0 Å². The van der Waals surface area contributed by atoms with Gasteiger partial charge in [0.25, 0.3) is 0 Å². The Balaban J connectivity index is 1.64. The number of likely N-dealkylation sites (tertiary alicyclic amines) is 1. The standard InChI is InChI=1S/C21H28N2O2/c1-16(15-17-9-4-2-5-10-17)21(25)23-14-8-13-19(23)20(24)22-18-11-6-3-7-12-18/h2,4-5,9-10,15,18-19H,3,6-8,11-14H2,1H3,(H,22,24)/b16-15+/t19-/m1/s1. The molecule has 1 N–H and O–H groups in total. The maximum absolute atomic E-state index is 12.8. The number of carbonyl (C=O) groups excluding carboxylic acids is 2. The van der Waals surface area contributed by atoms with Gasteiger partial charge in [-0.25, -0.2) is 0 Å². The summed E-state index contributed by atoms with van der Waals surface area (Å²) in [6.45, 7) is 2.51. The van der Waals surface area contributed by atoms with Gasteiger partial charge in [-0.2, -0.15) is 0 Å². The number of hydrogen-bond donors (Lipinski definition) is 1. The van der Waals surface area contributed by atoms with Gasteiger partial charge in [0.2, 0.25) is 11.8 Å². The summed E-state index contributed by atoms with van der Waals surface area (Å²) >= 11 is 0. The van der Waals surface area contributed by atoms with Gasteiger partial charge in [0.05, 0.1) is 0 Å². The summed E-state index contributed by atoms with van der Waals surface area (Å²) in [6, 6.07) is 9.82. The van der Waals surface area contributed by atoms with Crippen molar-refractivity contribution in [1.82, 2.24) is 10.2 Å². The summed E-state index contributed by atoms with van der Waals surface area (Å²) in [5.41, 5.74) is 1.69. The SMILES string of the molecule is C/C(=C\c1ccccc1)C(=O)N1CCC[C@@H]1C(=O)NC1CCCCC1. The molecule has 1 aliphatic heterocycles. The van der Waals surface area contributed by atoms with Crippen molar-refractivity contribution in [1.29, 1.82) is 0 Å². The third-order valence-electron chi connectivity index (χ3n) is 5.29. The molecule has 1 heterocycles. The number of amides is 2. The van der Waals surface area contributed by atoms with Crippen LogP contribution in [0.2, 0.25) is 0 Å². The van der Waals surface area contributed by atoms with Crippen molar-refractivity contribution < 1.29 is 9.59 Å². The van der Waals surface area contributed by atoms with E-state index >= 15 is 0 Å². The highest BCUT2D eigenvalue weighted by atomic mass is 16.2. The fraction of sp³-hybridized carbons (Fsp3) is 0.524. The molecule has 2 fully saturated rings. The Morgan fingerprint density at radius 3 is 2.48 bits per heavy atom. The lowest BCUT2D eigenvalue weighted by Crippen LogP contribution is -2.49. The van der Waals surface area contributed by atoms with Gasteiger partial charge < -0.3 is 10.2 Å². The van der Waals surface area contributed by atoms with Crippen LogP contribution in [0.4, 0.5) is 0 Å². The van der Waals surface area contributed by atoms with Crippen molar-refractivity contribution in [2.45, 2.75) is 64.0 Å². The minimum Gasteiger partial charge on any atom is -0.352 e. The summed E-state index contributed by atoms with van der Waals surface area (Å²) < 4.78 is 0. The van der Waals surface area contributed by atoms with Crippen LogP contribution in [0, 0.1) is 0 Å². The summed E-state index contributed by atoms with van der Waals surface area (Å²) in [6.07, 6.45) is 9.35. The van der Waals surface area contributed by atoms with Crippen molar-refractivity contribution in [2.75, 3.05) is 6.54 Å². The highest BCUT2D eigenvalue weighted by molar-refractivity contribution is 6.00. The predicted octanol–water partition coefficient (Wildman–Crippen LogP) is 3.53. The highest BCUT2D eigenvalue weighted by Gasteiger charge is 2.35. The molecule has 0 spiro atoms. The zero-order valence-electron chi connectivity index (χ0n) is 15.0. The first kappa shape index (κ1) is 17.7. The molecule has 1 aromatic carbocycles. The van der Waals surface area contributed by atoms with Crippen molar-refractivity contribution in [3.8, 4) is 0 Å². The fourth-order valence-electron chi connectivity index (χ4n) is 3.91. The fourth-order valence-corrected chi connectivity index (χ4v) is 3.91. The molecule has 25 heavy (non-hydrogen) atoms. The molecule has 4 nitrogen and oxygen atoms in total. The largest absolute Gasteiger partial charge is 0.352 e. The van der Waals surface area contributed by atoms with Gasteiger partial charge in [-0.05, 0) is 44.2 Å². The third kappa shape index (κ3) is 4.50. The van der Waals surface area contributed by atoms with E-state index in [9.17, 15) is 9.59 Å². The maximum atomic E-state index is 12.8. The van der Waals surface area contributed by atoms with E-state index in [1.807, 2.05) is 43.3 Å². The zero-order chi connectivity index (χ0) is 17.6. The lowest BCUT2D eigenvalue weighted by atomic mass is 9.95. The Kier molecular flexibility index (Phi) is 5.90. The van der Waals surface area contributed by atoms with Crippen molar-refractivity contribution in [3.63, 3.8) is 0 Å². The smallest absolute Gasteiger partial charge is 0.250 e. The normalized spacial score (nSPS) is 22.0. The van der Waals surface area contributed by atoms with Gasteiger partial charge in [0.15, 0.2) is 0 Å². The summed E-state index contributed by atoms with van der Waals surface area (Å²) in [4.78, 5) is 27.3. The average Bonchev–Trinajstić information content (AvgIpc) is 3.12. The highest BCUT2D eigenvalue weighted by Crippen LogP contribution is 2.23. The summed E-state index contributed by atoms with van der Waals surface area (Å²) in [7, 11) is 0. The molecule has 2 aliphatic rings. The van der Waals surface area contributed by atoms with Crippen LogP contribution in [0.5, 0.6) is 0 Å². The molecule has 0 bridgehead atoms. The van der Waals surface area contributed by atoms with Gasteiger partial charge in [0.1, 0.15) is 6.04 Å². The molecule has 0 radical (unpaired) electrons. The molecule has 134 valence electrons. The van der Waals surface area contributed by atoms with Gasteiger partial charge in [0, 0.05) is 18.2 Å². The molecule has 4 heteroatoms. The summed E-state index contributed by atoms with van der Waals surface area (Å²) in [5, 5.41) is 3.18. The second-order valence-corrected chi connectivity index (χ2v) is 7.24. The number of benzene rings is 1. The number of nitrogens with zero attached hydrogens (tertiary/aromatic N) is 1. The molecule has 1 saturated carbocycles. The number of rotatable bonds is 4. The van der Waals surface area contributed by atoms with Crippen molar-refractivity contribution in [2.24, 2.45) is 0 Å². The lowest BCUT2D eigenvalue weighted by Gasteiger charge is -2.28. The average molecular weight is 340 g/mol. The Morgan fingerprint density at radius 2 is 1.76 bits per heavy atom. The first-order chi connectivity index (χ1) is 12.1. The number of nitrogens with one attached hydrogen (secondary N) is 1. The van der Waals surface area contributed by atoms with Gasteiger partial charge in [-0.15, -0.1) is 0 Å². The minimum absolute atomic E-state index is 0.0230. The van der Waals surface area contributed by atoms with E-state index in [4.69, 9.17) is 0 Å². The number of hydrogen-bond acceptors (Lipinski definition) is 2. The zero-order valence-corrected chi connectivity index (χ0v) is 15.0. The lowest BCUT2D eigenvalue weighted by molar-refractivity contribution is -0.136. The van der Waals surface area contributed by atoms with E-state index < -0.39 is 0 Å². The Morgan fingerprint density at radius 1 is 1.04 bits per heavy atom. The maximum Gasteiger partial charge on any atom is 0.250 e. The van der Waals surface area contributed by atoms with Crippen LogP contribution in [0.25, 0.3) is 6.08 Å². The molecule has 1 atom stereocenters. The molecule has 1 saturated heterocycles. The van der Waals surface area contributed by atoms with E-state index in [0.29, 0.717) is 18.2 Å².